The van der Waals surface area contributed by atoms with E-state index < -0.39 is 0 Å². The molecule has 1 aliphatic carbocycles. The zero-order valence-electron chi connectivity index (χ0n) is 10.4. The van der Waals surface area contributed by atoms with Gasteiger partial charge in [0.2, 0.25) is 0 Å². The lowest BCUT2D eigenvalue weighted by molar-refractivity contribution is 0.243. The molecule has 0 spiro atoms. The summed E-state index contributed by atoms with van der Waals surface area (Å²) in [7, 11) is 0. The summed E-state index contributed by atoms with van der Waals surface area (Å²) in [5.41, 5.74) is 4.45. The van der Waals surface area contributed by atoms with Crippen molar-refractivity contribution in [2.24, 2.45) is 5.92 Å². The predicted octanol–water partition coefficient (Wildman–Crippen LogP) is 3.43. The maximum atomic E-state index is 9.07. The highest BCUT2D eigenvalue weighted by atomic mass is 16.3. The minimum absolute atomic E-state index is 0.318. The summed E-state index contributed by atoms with van der Waals surface area (Å²) in [5, 5.41) is 9.07. The van der Waals surface area contributed by atoms with Gasteiger partial charge in [-0.2, -0.15) is 0 Å². The lowest BCUT2D eigenvalue weighted by atomic mass is 9.75. The molecule has 0 fully saturated rings. The molecule has 1 N–H and O–H groups in total. The minimum atomic E-state index is 0.318. The molecule has 2 unspecified atom stereocenters. The summed E-state index contributed by atoms with van der Waals surface area (Å²) < 4.78 is 0. The van der Waals surface area contributed by atoms with Crippen LogP contribution in [0.5, 0.6) is 0 Å². The SMILES string of the molecule is Cc1ccc2c(c1)C(C(C)CCO)CCC2. The van der Waals surface area contributed by atoms with Gasteiger partial charge in [-0.25, -0.2) is 0 Å². The minimum Gasteiger partial charge on any atom is -0.396 e. The molecule has 1 nitrogen and oxygen atoms in total. The van der Waals surface area contributed by atoms with Gasteiger partial charge in [0.1, 0.15) is 0 Å². The van der Waals surface area contributed by atoms with Crippen LogP contribution in [0.3, 0.4) is 0 Å². The summed E-state index contributed by atoms with van der Waals surface area (Å²) >= 11 is 0. The fourth-order valence-corrected chi connectivity index (χ4v) is 2.95. The Kier molecular flexibility index (Phi) is 3.65. The van der Waals surface area contributed by atoms with Crippen LogP contribution >= 0.6 is 0 Å². The molecular weight excluding hydrogens is 196 g/mol. The van der Waals surface area contributed by atoms with Crippen LogP contribution < -0.4 is 0 Å². The Morgan fingerprint density at radius 3 is 3.00 bits per heavy atom. The van der Waals surface area contributed by atoms with Crippen LogP contribution in [0.15, 0.2) is 18.2 Å². The molecule has 16 heavy (non-hydrogen) atoms. The van der Waals surface area contributed by atoms with Crippen LogP contribution in [-0.2, 0) is 6.42 Å². The first-order valence-electron chi connectivity index (χ1n) is 6.42. The van der Waals surface area contributed by atoms with Gasteiger partial charge in [0.25, 0.3) is 0 Å². The van der Waals surface area contributed by atoms with Gasteiger partial charge in [-0.3, -0.25) is 0 Å². The predicted molar refractivity (Wildman–Crippen MR) is 67.7 cm³/mol. The van der Waals surface area contributed by atoms with Crippen molar-refractivity contribution >= 4 is 0 Å². The van der Waals surface area contributed by atoms with Gasteiger partial charge in [-0.05, 0) is 55.6 Å². The van der Waals surface area contributed by atoms with E-state index in [1.807, 2.05) is 0 Å². The number of fused-ring (bicyclic) bond motifs is 1. The third kappa shape index (κ3) is 2.30. The van der Waals surface area contributed by atoms with Crippen LogP contribution in [0.4, 0.5) is 0 Å². The Morgan fingerprint density at radius 2 is 2.25 bits per heavy atom. The van der Waals surface area contributed by atoms with E-state index >= 15 is 0 Å². The Labute approximate surface area is 98.5 Å². The number of aliphatic hydroxyl groups is 1. The van der Waals surface area contributed by atoms with Gasteiger partial charge in [0, 0.05) is 6.61 Å². The zero-order valence-corrected chi connectivity index (χ0v) is 10.4. The van der Waals surface area contributed by atoms with E-state index in [1.165, 1.54) is 30.4 Å². The molecule has 0 radical (unpaired) electrons. The van der Waals surface area contributed by atoms with Gasteiger partial charge in [0.15, 0.2) is 0 Å². The van der Waals surface area contributed by atoms with Gasteiger partial charge >= 0.3 is 0 Å². The Bertz CT molecular complexity index is 356. The van der Waals surface area contributed by atoms with E-state index in [4.69, 9.17) is 5.11 Å². The molecule has 1 aromatic carbocycles. The molecule has 0 saturated carbocycles. The van der Waals surface area contributed by atoms with E-state index in [1.54, 1.807) is 5.56 Å². The second kappa shape index (κ2) is 5.01. The molecule has 0 heterocycles. The van der Waals surface area contributed by atoms with Crippen molar-refractivity contribution in [3.63, 3.8) is 0 Å². The monoisotopic (exact) mass is 218 g/mol. The topological polar surface area (TPSA) is 20.2 Å². The molecule has 1 aromatic rings. The highest BCUT2D eigenvalue weighted by Crippen LogP contribution is 2.38. The summed E-state index contributed by atoms with van der Waals surface area (Å²) in [6.07, 6.45) is 4.75. The lowest BCUT2D eigenvalue weighted by Crippen LogP contribution is -2.17. The smallest absolute Gasteiger partial charge is 0.0433 e. The summed E-state index contributed by atoms with van der Waals surface area (Å²) in [6.45, 7) is 4.76. The zero-order chi connectivity index (χ0) is 11.5. The molecule has 2 atom stereocenters. The fourth-order valence-electron chi connectivity index (χ4n) is 2.95. The van der Waals surface area contributed by atoms with Gasteiger partial charge in [-0.1, -0.05) is 30.7 Å². The van der Waals surface area contributed by atoms with Crippen molar-refractivity contribution in [3.05, 3.63) is 34.9 Å². The van der Waals surface area contributed by atoms with E-state index in [0.717, 1.165) is 6.42 Å². The normalized spacial score (nSPS) is 21.6. The number of rotatable bonds is 3. The van der Waals surface area contributed by atoms with Crippen molar-refractivity contribution in [2.45, 2.75) is 45.4 Å². The summed E-state index contributed by atoms with van der Waals surface area (Å²) in [5.74, 6) is 1.27. The third-order valence-corrected chi connectivity index (χ3v) is 3.93. The average Bonchev–Trinajstić information content (AvgIpc) is 2.28. The molecular formula is C15H22O. The van der Waals surface area contributed by atoms with Gasteiger partial charge in [0.05, 0.1) is 0 Å². The lowest BCUT2D eigenvalue weighted by Gasteiger charge is -2.30. The van der Waals surface area contributed by atoms with Gasteiger partial charge < -0.3 is 5.11 Å². The largest absolute Gasteiger partial charge is 0.396 e. The maximum Gasteiger partial charge on any atom is 0.0433 e. The molecule has 88 valence electrons. The van der Waals surface area contributed by atoms with Crippen LogP contribution in [0, 0.1) is 12.8 Å². The number of hydrogen-bond acceptors (Lipinski definition) is 1. The summed E-state index contributed by atoms with van der Waals surface area (Å²) in [4.78, 5) is 0. The molecule has 2 rings (SSSR count). The van der Waals surface area contributed by atoms with E-state index in [2.05, 4.69) is 32.0 Å². The molecule has 0 bridgehead atoms. The fraction of sp³-hybridized carbons (Fsp3) is 0.600. The Hall–Kier alpha value is -0.820. The second-order valence-electron chi connectivity index (χ2n) is 5.19. The standard InChI is InChI=1S/C15H22O/c1-11-6-7-13-4-3-5-14(15(13)10-11)12(2)8-9-16/h6-7,10,12,14,16H,3-5,8-9H2,1-2H3. The first-order valence-corrected chi connectivity index (χ1v) is 6.42. The quantitative estimate of drug-likeness (QED) is 0.824. The molecule has 0 aliphatic heterocycles. The van der Waals surface area contributed by atoms with Crippen molar-refractivity contribution in [2.75, 3.05) is 6.61 Å². The molecule has 0 aromatic heterocycles. The molecule has 0 amide bonds. The van der Waals surface area contributed by atoms with Crippen molar-refractivity contribution in [3.8, 4) is 0 Å². The Morgan fingerprint density at radius 1 is 1.44 bits per heavy atom. The van der Waals surface area contributed by atoms with Crippen LogP contribution in [0.25, 0.3) is 0 Å². The molecule has 1 aliphatic rings. The van der Waals surface area contributed by atoms with Crippen molar-refractivity contribution in [1.82, 2.24) is 0 Å². The van der Waals surface area contributed by atoms with Crippen LogP contribution in [-0.4, -0.2) is 11.7 Å². The van der Waals surface area contributed by atoms with E-state index in [-0.39, 0.29) is 0 Å². The third-order valence-electron chi connectivity index (χ3n) is 3.93. The highest BCUT2D eigenvalue weighted by Gasteiger charge is 2.24. The Balaban J connectivity index is 2.27. The average molecular weight is 218 g/mol. The van der Waals surface area contributed by atoms with Crippen molar-refractivity contribution in [1.29, 1.82) is 0 Å². The number of aryl methyl sites for hydroxylation is 2. The number of benzene rings is 1. The highest BCUT2D eigenvalue weighted by molar-refractivity contribution is 5.36. The first-order chi connectivity index (χ1) is 7.72. The van der Waals surface area contributed by atoms with Crippen LogP contribution in [0.1, 0.15) is 48.8 Å². The molecule has 0 saturated heterocycles. The van der Waals surface area contributed by atoms with E-state index in [0.29, 0.717) is 18.4 Å². The number of hydrogen-bond donors (Lipinski definition) is 1. The van der Waals surface area contributed by atoms with Crippen LogP contribution in [0.2, 0.25) is 0 Å². The first kappa shape index (κ1) is 11.7. The van der Waals surface area contributed by atoms with Crippen molar-refractivity contribution < 1.29 is 5.11 Å². The number of aliphatic hydroxyl groups excluding tert-OH is 1. The van der Waals surface area contributed by atoms with E-state index in [9.17, 15) is 0 Å². The summed E-state index contributed by atoms with van der Waals surface area (Å²) in [6, 6.07) is 6.87. The maximum absolute atomic E-state index is 9.07. The second-order valence-corrected chi connectivity index (χ2v) is 5.19. The molecule has 1 heteroatoms. The van der Waals surface area contributed by atoms with Gasteiger partial charge in [-0.15, -0.1) is 0 Å².